The molecule has 0 amide bonds. The lowest BCUT2D eigenvalue weighted by atomic mass is 10.3. The number of hydrogen-bond donors (Lipinski definition) is 2. The molecule has 0 aliphatic carbocycles. The Hall–Kier alpha value is -0.490. The normalized spacial score (nSPS) is 13.0. The van der Waals surface area contributed by atoms with E-state index in [1.807, 2.05) is 6.20 Å². The molecule has 0 fully saturated rings. The zero-order valence-corrected chi connectivity index (χ0v) is 10.1. The van der Waals surface area contributed by atoms with Gasteiger partial charge in [-0.3, -0.25) is 0 Å². The molecule has 0 bridgehead atoms. The van der Waals surface area contributed by atoms with Gasteiger partial charge in [-0.05, 0) is 6.42 Å². The molecule has 3 N–H and O–H groups in total. The van der Waals surface area contributed by atoms with Gasteiger partial charge in [0.25, 0.3) is 0 Å². The van der Waals surface area contributed by atoms with Crippen LogP contribution in [0.1, 0.15) is 16.8 Å². The van der Waals surface area contributed by atoms with Crippen LogP contribution >= 0.6 is 11.3 Å². The van der Waals surface area contributed by atoms with Gasteiger partial charge in [-0.15, -0.1) is 11.3 Å². The maximum absolute atomic E-state index is 5.51. The number of rotatable bonds is 7. The Morgan fingerprint density at radius 1 is 1.67 bits per heavy atom. The molecule has 1 rings (SSSR count). The first-order chi connectivity index (χ1) is 7.30. The van der Waals surface area contributed by atoms with Crippen LogP contribution in [0.5, 0.6) is 0 Å². The van der Waals surface area contributed by atoms with Crippen molar-refractivity contribution >= 4 is 11.3 Å². The monoisotopic (exact) mass is 229 g/mol. The average molecular weight is 229 g/mol. The standard InChI is InChI=1S/C10H19N3OS/c1-3-9-6-13-10(15-9)7-12-5-8(4-11)14-2/h6,8,12H,3-5,7,11H2,1-2H3. The molecular formula is C10H19N3OS. The molecule has 86 valence electrons. The largest absolute Gasteiger partial charge is 0.379 e. The lowest BCUT2D eigenvalue weighted by Gasteiger charge is -2.12. The van der Waals surface area contributed by atoms with Crippen LogP contribution < -0.4 is 11.1 Å². The Bertz CT molecular complexity index is 273. The fraction of sp³-hybridized carbons (Fsp3) is 0.700. The number of hydrogen-bond acceptors (Lipinski definition) is 5. The van der Waals surface area contributed by atoms with Crippen molar-refractivity contribution in [2.24, 2.45) is 5.73 Å². The molecule has 15 heavy (non-hydrogen) atoms. The third-order valence-corrected chi connectivity index (χ3v) is 3.34. The summed E-state index contributed by atoms with van der Waals surface area (Å²) in [6.07, 6.45) is 3.09. The maximum Gasteiger partial charge on any atom is 0.107 e. The van der Waals surface area contributed by atoms with Crippen LogP contribution in [0, 0.1) is 0 Å². The third kappa shape index (κ3) is 4.25. The molecule has 0 saturated heterocycles. The Kier molecular flexibility index (Phi) is 5.78. The highest BCUT2D eigenvalue weighted by molar-refractivity contribution is 7.11. The van der Waals surface area contributed by atoms with Crippen LogP contribution in [0.25, 0.3) is 0 Å². The van der Waals surface area contributed by atoms with Crippen molar-refractivity contribution < 1.29 is 4.74 Å². The first-order valence-electron chi connectivity index (χ1n) is 5.17. The van der Waals surface area contributed by atoms with Gasteiger partial charge >= 0.3 is 0 Å². The van der Waals surface area contributed by atoms with Crippen molar-refractivity contribution in [2.75, 3.05) is 20.2 Å². The summed E-state index contributed by atoms with van der Waals surface area (Å²) in [5.41, 5.74) is 5.51. The van der Waals surface area contributed by atoms with Crippen LogP contribution in [0.2, 0.25) is 0 Å². The van der Waals surface area contributed by atoms with E-state index in [0.717, 1.165) is 24.5 Å². The molecule has 1 aromatic rings. The van der Waals surface area contributed by atoms with Crippen LogP contribution in [-0.2, 0) is 17.7 Å². The van der Waals surface area contributed by atoms with Crippen LogP contribution in [-0.4, -0.2) is 31.3 Å². The van der Waals surface area contributed by atoms with E-state index >= 15 is 0 Å². The molecule has 1 heterocycles. The number of thiazole rings is 1. The smallest absolute Gasteiger partial charge is 0.107 e. The summed E-state index contributed by atoms with van der Waals surface area (Å²) in [6.45, 7) is 4.25. The van der Waals surface area contributed by atoms with E-state index in [0.29, 0.717) is 6.54 Å². The number of methoxy groups -OCH3 is 1. The highest BCUT2D eigenvalue weighted by atomic mass is 32.1. The van der Waals surface area contributed by atoms with E-state index in [9.17, 15) is 0 Å². The number of nitrogens with zero attached hydrogens (tertiary/aromatic N) is 1. The van der Waals surface area contributed by atoms with Gasteiger partial charge in [0.15, 0.2) is 0 Å². The predicted molar refractivity (Wildman–Crippen MR) is 63.1 cm³/mol. The van der Waals surface area contributed by atoms with Gasteiger partial charge in [-0.1, -0.05) is 6.92 Å². The second-order valence-corrected chi connectivity index (χ2v) is 4.50. The molecule has 0 aliphatic heterocycles. The molecule has 1 aromatic heterocycles. The molecule has 0 aliphatic rings. The van der Waals surface area contributed by atoms with Crippen LogP contribution in [0.3, 0.4) is 0 Å². The number of aryl methyl sites for hydroxylation is 1. The first kappa shape index (κ1) is 12.6. The van der Waals surface area contributed by atoms with Gasteiger partial charge in [0.2, 0.25) is 0 Å². The van der Waals surface area contributed by atoms with Crippen molar-refractivity contribution in [2.45, 2.75) is 26.0 Å². The predicted octanol–water partition coefficient (Wildman–Crippen LogP) is 0.769. The van der Waals surface area contributed by atoms with Crippen LogP contribution in [0.15, 0.2) is 6.20 Å². The fourth-order valence-electron chi connectivity index (χ4n) is 1.20. The van der Waals surface area contributed by atoms with Crippen molar-refractivity contribution in [1.29, 1.82) is 0 Å². The Morgan fingerprint density at radius 3 is 3.00 bits per heavy atom. The van der Waals surface area contributed by atoms with E-state index in [2.05, 4.69) is 17.2 Å². The first-order valence-corrected chi connectivity index (χ1v) is 5.99. The van der Waals surface area contributed by atoms with Crippen molar-refractivity contribution in [3.8, 4) is 0 Å². The van der Waals surface area contributed by atoms with Gasteiger partial charge in [0.05, 0.1) is 6.10 Å². The molecule has 0 aromatic carbocycles. The zero-order valence-electron chi connectivity index (χ0n) is 9.32. The molecule has 0 spiro atoms. The fourth-order valence-corrected chi connectivity index (χ4v) is 2.03. The second kappa shape index (κ2) is 6.90. The molecule has 0 radical (unpaired) electrons. The minimum atomic E-state index is 0.0932. The minimum Gasteiger partial charge on any atom is -0.379 e. The third-order valence-electron chi connectivity index (χ3n) is 2.19. The SMILES string of the molecule is CCc1cnc(CNCC(CN)OC)s1. The lowest BCUT2D eigenvalue weighted by Crippen LogP contribution is -2.33. The highest BCUT2D eigenvalue weighted by Crippen LogP contribution is 2.12. The van der Waals surface area contributed by atoms with Crippen molar-refractivity contribution in [3.63, 3.8) is 0 Å². The number of aromatic nitrogens is 1. The lowest BCUT2D eigenvalue weighted by molar-refractivity contribution is 0.108. The molecule has 1 unspecified atom stereocenters. The average Bonchev–Trinajstić information content (AvgIpc) is 2.72. The summed E-state index contributed by atoms with van der Waals surface area (Å²) in [4.78, 5) is 5.65. The van der Waals surface area contributed by atoms with E-state index in [1.165, 1.54) is 4.88 Å². The number of ether oxygens (including phenoxy) is 1. The van der Waals surface area contributed by atoms with E-state index in [1.54, 1.807) is 18.4 Å². The van der Waals surface area contributed by atoms with Gasteiger partial charge < -0.3 is 15.8 Å². The maximum atomic E-state index is 5.51. The van der Waals surface area contributed by atoms with Crippen molar-refractivity contribution in [3.05, 3.63) is 16.1 Å². The van der Waals surface area contributed by atoms with Crippen molar-refractivity contribution in [1.82, 2.24) is 10.3 Å². The van der Waals surface area contributed by atoms with Gasteiger partial charge in [0.1, 0.15) is 5.01 Å². The molecule has 4 nitrogen and oxygen atoms in total. The minimum absolute atomic E-state index is 0.0932. The zero-order chi connectivity index (χ0) is 11.1. The highest BCUT2D eigenvalue weighted by Gasteiger charge is 2.04. The summed E-state index contributed by atoms with van der Waals surface area (Å²) in [5.74, 6) is 0. The van der Waals surface area contributed by atoms with Gasteiger partial charge in [-0.2, -0.15) is 0 Å². The number of nitrogens with one attached hydrogen (secondary N) is 1. The molecule has 5 heteroatoms. The van der Waals surface area contributed by atoms with E-state index in [4.69, 9.17) is 10.5 Å². The summed E-state index contributed by atoms with van der Waals surface area (Å²) in [6, 6.07) is 0. The van der Waals surface area contributed by atoms with E-state index < -0.39 is 0 Å². The Balaban J connectivity index is 2.25. The quantitative estimate of drug-likeness (QED) is 0.725. The molecular weight excluding hydrogens is 210 g/mol. The summed E-state index contributed by atoms with van der Waals surface area (Å²) < 4.78 is 5.16. The van der Waals surface area contributed by atoms with Crippen LogP contribution in [0.4, 0.5) is 0 Å². The van der Waals surface area contributed by atoms with E-state index in [-0.39, 0.29) is 6.10 Å². The molecule has 1 atom stereocenters. The summed E-state index contributed by atoms with van der Waals surface area (Å²) in [7, 11) is 1.68. The topological polar surface area (TPSA) is 60.2 Å². The summed E-state index contributed by atoms with van der Waals surface area (Å²) >= 11 is 1.75. The second-order valence-electron chi connectivity index (χ2n) is 3.30. The number of nitrogens with two attached hydrogens (primary N) is 1. The Morgan fingerprint density at radius 2 is 2.47 bits per heavy atom. The summed E-state index contributed by atoms with van der Waals surface area (Å²) in [5, 5.41) is 4.41. The van der Waals surface area contributed by atoms with Gasteiger partial charge in [-0.25, -0.2) is 4.98 Å². The Labute approximate surface area is 94.8 Å². The van der Waals surface area contributed by atoms with Gasteiger partial charge in [0, 0.05) is 37.8 Å². The molecule has 0 saturated carbocycles.